The molecular weight excluding hydrogens is 420 g/mol. The molecule has 0 saturated carbocycles. The van der Waals surface area contributed by atoms with E-state index in [4.69, 9.17) is 11.6 Å². The average molecular weight is 438 g/mol. The molecule has 0 amide bonds. The van der Waals surface area contributed by atoms with Crippen LogP contribution in [0.1, 0.15) is 12.1 Å². The summed E-state index contributed by atoms with van der Waals surface area (Å²) in [6.07, 6.45) is 2.32. The molecule has 0 radical (unpaired) electrons. The Morgan fingerprint density at radius 1 is 1.10 bits per heavy atom. The number of aryl methyl sites for hydroxylation is 1. The molecule has 3 aromatic rings. The lowest BCUT2D eigenvalue weighted by Crippen LogP contribution is -2.33. The maximum Gasteiger partial charge on any atom is 0.292 e. The van der Waals surface area contributed by atoms with Crippen molar-refractivity contribution in [2.24, 2.45) is 0 Å². The predicted molar refractivity (Wildman–Crippen MR) is 111 cm³/mol. The molecule has 1 aromatic carbocycles. The second kappa shape index (κ2) is 8.08. The highest BCUT2D eigenvalue weighted by molar-refractivity contribution is 7.13. The van der Waals surface area contributed by atoms with E-state index >= 15 is 0 Å². The van der Waals surface area contributed by atoms with Crippen molar-refractivity contribution in [3.05, 3.63) is 62.5 Å². The van der Waals surface area contributed by atoms with E-state index in [1.807, 2.05) is 17.2 Å². The highest BCUT2D eigenvalue weighted by atomic mass is 35.5. The zero-order valence-electron chi connectivity index (χ0n) is 15.6. The number of hydrogen-bond acceptors (Lipinski definition) is 6. The quantitative estimate of drug-likeness (QED) is 0.626. The molecule has 10 heteroatoms. The SMILES string of the molecule is Cc1csc(N2CCCN(c3cnn(-c4ccc(F)cc4F)c(=O)c3Cl)CC2)n1. The summed E-state index contributed by atoms with van der Waals surface area (Å²) < 4.78 is 28.1. The molecule has 4 rings (SSSR count). The first-order chi connectivity index (χ1) is 13.9. The largest absolute Gasteiger partial charge is 0.367 e. The lowest BCUT2D eigenvalue weighted by molar-refractivity contribution is 0.570. The fourth-order valence-electron chi connectivity index (χ4n) is 3.31. The number of rotatable bonds is 3. The van der Waals surface area contributed by atoms with Crippen LogP contribution in [-0.4, -0.2) is 40.9 Å². The maximum absolute atomic E-state index is 14.1. The van der Waals surface area contributed by atoms with E-state index in [0.29, 0.717) is 24.8 Å². The third-order valence-electron chi connectivity index (χ3n) is 4.75. The van der Waals surface area contributed by atoms with Gasteiger partial charge in [-0.15, -0.1) is 11.3 Å². The molecule has 1 saturated heterocycles. The van der Waals surface area contributed by atoms with Crippen molar-refractivity contribution in [2.45, 2.75) is 13.3 Å². The van der Waals surface area contributed by atoms with Gasteiger partial charge in [0.15, 0.2) is 10.9 Å². The topological polar surface area (TPSA) is 54.3 Å². The minimum absolute atomic E-state index is 0.0396. The molecule has 152 valence electrons. The first-order valence-electron chi connectivity index (χ1n) is 9.09. The highest BCUT2D eigenvalue weighted by Crippen LogP contribution is 2.26. The number of thiazole rings is 1. The van der Waals surface area contributed by atoms with Crippen LogP contribution in [-0.2, 0) is 0 Å². The van der Waals surface area contributed by atoms with Gasteiger partial charge in [-0.25, -0.2) is 13.8 Å². The highest BCUT2D eigenvalue weighted by Gasteiger charge is 2.22. The van der Waals surface area contributed by atoms with Crippen molar-refractivity contribution in [2.75, 3.05) is 36.0 Å². The number of anilines is 2. The Kier molecular flexibility index (Phi) is 5.51. The summed E-state index contributed by atoms with van der Waals surface area (Å²) in [4.78, 5) is 21.5. The van der Waals surface area contributed by atoms with E-state index in [1.54, 1.807) is 11.3 Å². The van der Waals surface area contributed by atoms with Gasteiger partial charge in [-0.05, 0) is 25.5 Å². The molecule has 0 unspecified atom stereocenters. The summed E-state index contributed by atoms with van der Waals surface area (Å²) in [5, 5.41) is 7.04. The van der Waals surface area contributed by atoms with Gasteiger partial charge in [-0.3, -0.25) is 4.79 Å². The molecule has 2 aromatic heterocycles. The Balaban J connectivity index is 1.59. The van der Waals surface area contributed by atoms with Crippen LogP contribution in [0.4, 0.5) is 19.6 Å². The Bertz CT molecular complexity index is 1100. The number of benzene rings is 1. The van der Waals surface area contributed by atoms with Gasteiger partial charge in [0.2, 0.25) is 0 Å². The predicted octanol–water partition coefficient (Wildman–Crippen LogP) is 3.65. The summed E-state index contributed by atoms with van der Waals surface area (Å²) in [5.74, 6) is -1.61. The molecule has 0 bridgehead atoms. The summed E-state index contributed by atoms with van der Waals surface area (Å²) in [6, 6.07) is 2.93. The van der Waals surface area contributed by atoms with Crippen molar-refractivity contribution in [3.8, 4) is 5.69 Å². The van der Waals surface area contributed by atoms with E-state index in [9.17, 15) is 13.6 Å². The minimum atomic E-state index is -0.882. The van der Waals surface area contributed by atoms with Crippen molar-refractivity contribution in [1.82, 2.24) is 14.8 Å². The molecular formula is C19H18ClF2N5OS. The molecule has 0 aliphatic carbocycles. The molecule has 29 heavy (non-hydrogen) atoms. The summed E-state index contributed by atoms with van der Waals surface area (Å²) in [5.41, 5.74) is 0.708. The first-order valence-corrected chi connectivity index (χ1v) is 10.3. The Morgan fingerprint density at radius 2 is 1.86 bits per heavy atom. The molecule has 0 N–H and O–H groups in total. The van der Waals surface area contributed by atoms with Gasteiger partial charge in [0.25, 0.3) is 5.56 Å². The standard InChI is InChI=1S/C19H18ClF2N5OS/c1-12-11-29-19(24-12)26-6-2-5-25(7-8-26)16-10-23-27(18(28)17(16)20)15-4-3-13(21)9-14(15)22/h3-4,9-11H,2,5-8H2,1H3. The van der Waals surface area contributed by atoms with Crippen LogP contribution in [0.25, 0.3) is 5.69 Å². The van der Waals surface area contributed by atoms with E-state index in [-0.39, 0.29) is 10.7 Å². The number of halogens is 3. The van der Waals surface area contributed by atoms with Gasteiger partial charge in [-0.2, -0.15) is 9.78 Å². The van der Waals surface area contributed by atoms with Gasteiger partial charge in [0.1, 0.15) is 16.5 Å². The van der Waals surface area contributed by atoms with E-state index in [2.05, 4.69) is 15.0 Å². The molecule has 0 spiro atoms. The summed E-state index contributed by atoms with van der Waals surface area (Å²) >= 11 is 7.95. The second-order valence-electron chi connectivity index (χ2n) is 6.76. The van der Waals surface area contributed by atoms with Crippen molar-refractivity contribution in [3.63, 3.8) is 0 Å². The van der Waals surface area contributed by atoms with Crippen molar-refractivity contribution >= 4 is 33.8 Å². The van der Waals surface area contributed by atoms with Crippen LogP contribution in [0, 0.1) is 18.6 Å². The van der Waals surface area contributed by atoms with Gasteiger partial charge in [-0.1, -0.05) is 11.6 Å². The fraction of sp³-hybridized carbons (Fsp3) is 0.316. The lowest BCUT2D eigenvalue weighted by atomic mass is 10.3. The molecule has 6 nitrogen and oxygen atoms in total. The maximum atomic E-state index is 14.1. The Hall–Kier alpha value is -2.52. The van der Waals surface area contributed by atoms with Crippen LogP contribution in [0.3, 0.4) is 0 Å². The minimum Gasteiger partial charge on any atom is -0.367 e. The molecule has 1 aliphatic heterocycles. The van der Waals surface area contributed by atoms with Gasteiger partial charge < -0.3 is 9.80 Å². The van der Waals surface area contributed by atoms with Crippen molar-refractivity contribution in [1.29, 1.82) is 0 Å². The average Bonchev–Trinajstić information content (AvgIpc) is 2.97. The van der Waals surface area contributed by atoms with Crippen LogP contribution in [0.2, 0.25) is 5.02 Å². The summed E-state index contributed by atoms with van der Waals surface area (Å²) in [7, 11) is 0. The first kappa shape index (κ1) is 19.8. The van der Waals surface area contributed by atoms with Gasteiger partial charge >= 0.3 is 0 Å². The molecule has 1 fully saturated rings. The number of aromatic nitrogens is 3. The molecule has 1 aliphatic rings. The van der Waals surface area contributed by atoms with E-state index < -0.39 is 17.2 Å². The van der Waals surface area contributed by atoms with Crippen LogP contribution >= 0.6 is 22.9 Å². The van der Waals surface area contributed by atoms with Crippen LogP contribution in [0.5, 0.6) is 0 Å². The van der Waals surface area contributed by atoms with E-state index in [0.717, 1.165) is 47.2 Å². The zero-order valence-corrected chi connectivity index (χ0v) is 17.2. The monoisotopic (exact) mass is 437 g/mol. The smallest absolute Gasteiger partial charge is 0.292 e. The number of nitrogens with zero attached hydrogens (tertiary/aromatic N) is 5. The normalized spacial score (nSPS) is 14.9. The Labute approximate surface area is 175 Å². The van der Waals surface area contributed by atoms with Crippen molar-refractivity contribution < 1.29 is 8.78 Å². The number of hydrogen-bond donors (Lipinski definition) is 0. The van der Waals surface area contributed by atoms with Crippen LogP contribution < -0.4 is 15.4 Å². The van der Waals surface area contributed by atoms with Gasteiger partial charge in [0.05, 0.1) is 17.6 Å². The van der Waals surface area contributed by atoms with Crippen LogP contribution in [0.15, 0.2) is 34.6 Å². The fourth-order valence-corrected chi connectivity index (χ4v) is 4.41. The summed E-state index contributed by atoms with van der Waals surface area (Å²) in [6.45, 7) is 4.91. The Morgan fingerprint density at radius 3 is 2.59 bits per heavy atom. The van der Waals surface area contributed by atoms with Gasteiger partial charge in [0, 0.05) is 37.6 Å². The molecule has 3 heterocycles. The lowest BCUT2D eigenvalue weighted by Gasteiger charge is -2.24. The second-order valence-corrected chi connectivity index (χ2v) is 7.97. The third-order valence-corrected chi connectivity index (χ3v) is 6.13. The third kappa shape index (κ3) is 3.97. The molecule has 0 atom stereocenters. The zero-order chi connectivity index (χ0) is 20.5. The van der Waals surface area contributed by atoms with E-state index in [1.165, 1.54) is 6.20 Å².